The van der Waals surface area contributed by atoms with Crippen LogP contribution in [0.15, 0.2) is 24.3 Å². The minimum Gasteiger partial charge on any atom is -0.308 e. The van der Waals surface area contributed by atoms with Gasteiger partial charge in [-0.15, -0.1) is 10.2 Å². The highest BCUT2D eigenvalue weighted by atomic mass is 35.5. The van der Waals surface area contributed by atoms with E-state index in [0.29, 0.717) is 15.8 Å². The van der Waals surface area contributed by atoms with Crippen molar-refractivity contribution in [2.45, 2.75) is 51.9 Å². The Morgan fingerprint density at radius 1 is 1.12 bits per heavy atom. The van der Waals surface area contributed by atoms with Crippen LogP contribution < -0.4 is 10.6 Å². The number of amides is 2. The molecule has 5 nitrogen and oxygen atoms in total. The summed E-state index contributed by atoms with van der Waals surface area (Å²) in [5.41, 5.74) is 0.636. The molecule has 0 aliphatic rings. The third kappa shape index (κ3) is 6.84. The van der Waals surface area contributed by atoms with Gasteiger partial charge in [0.15, 0.2) is 0 Å². The Bertz CT molecular complexity index is 647. The number of carbonyl (C=O) groups is 1. The molecule has 0 aliphatic carbocycles. The van der Waals surface area contributed by atoms with Gasteiger partial charge in [-0.05, 0) is 24.6 Å². The number of hydrogen-bond donors (Lipinski definition) is 2. The fourth-order valence-electron chi connectivity index (χ4n) is 2.29. The molecule has 0 aliphatic heterocycles. The molecule has 0 bridgehead atoms. The highest BCUT2D eigenvalue weighted by molar-refractivity contribution is 7.15. The molecule has 24 heavy (non-hydrogen) atoms. The van der Waals surface area contributed by atoms with E-state index in [2.05, 4.69) is 27.8 Å². The average molecular weight is 367 g/mol. The zero-order valence-corrected chi connectivity index (χ0v) is 15.4. The van der Waals surface area contributed by atoms with Crippen LogP contribution in [-0.4, -0.2) is 16.2 Å². The summed E-state index contributed by atoms with van der Waals surface area (Å²) in [4.78, 5) is 11.9. The zero-order valence-electron chi connectivity index (χ0n) is 13.8. The highest BCUT2D eigenvalue weighted by Gasteiger charge is 2.08. The molecule has 130 valence electrons. The lowest BCUT2D eigenvalue weighted by Gasteiger charge is -2.04. The van der Waals surface area contributed by atoms with Crippen LogP contribution in [-0.2, 0) is 6.42 Å². The van der Waals surface area contributed by atoms with E-state index in [4.69, 9.17) is 11.6 Å². The number of unbranched alkanes of at least 4 members (excludes halogenated alkanes) is 5. The molecular weight excluding hydrogens is 344 g/mol. The first-order valence-corrected chi connectivity index (χ1v) is 9.53. The topological polar surface area (TPSA) is 66.9 Å². The smallest absolute Gasteiger partial charge is 0.308 e. The van der Waals surface area contributed by atoms with E-state index in [0.717, 1.165) is 17.8 Å². The zero-order chi connectivity index (χ0) is 17.2. The third-order valence-corrected chi connectivity index (χ3v) is 4.65. The molecule has 2 rings (SSSR count). The van der Waals surface area contributed by atoms with E-state index in [1.807, 2.05) is 0 Å². The van der Waals surface area contributed by atoms with Crippen LogP contribution in [0.4, 0.5) is 15.6 Å². The van der Waals surface area contributed by atoms with Gasteiger partial charge in [0, 0.05) is 17.1 Å². The number of hydrogen-bond acceptors (Lipinski definition) is 4. The van der Waals surface area contributed by atoms with Gasteiger partial charge in [0.05, 0.1) is 0 Å². The lowest BCUT2D eigenvalue weighted by Crippen LogP contribution is -2.19. The van der Waals surface area contributed by atoms with Crippen LogP contribution in [0.5, 0.6) is 0 Å². The number of benzene rings is 1. The average Bonchev–Trinajstić information content (AvgIpc) is 2.98. The van der Waals surface area contributed by atoms with Crippen molar-refractivity contribution in [1.29, 1.82) is 0 Å². The van der Waals surface area contributed by atoms with Crippen molar-refractivity contribution < 1.29 is 4.79 Å². The highest BCUT2D eigenvalue weighted by Crippen LogP contribution is 2.19. The summed E-state index contributed by atoms with van der Waals surface area (Å²) in [6, 6.07) is 6.64. The Morgan fingerprint density at radius 3 is 2.71 bits per heavy atom. The van der Waals surface area contributed by atoms with E-state index in [1.165, 1.54) is 43.4 Å². The molecule has 2 amide bonds. The Labute approximate surface area is 151 Å². The summed E-state index contributed by atoms with van der Waals surface area (Å²) >= 11 is 7.31. The molecular formula is C17H23ClN4OS. The fraction of sp³-hybridized carbons (Fsp3) is 0.471. The molecule has 0 saturated heterocycles. The minimum absolute atomic E-state index is 0.348. The van der Waals surface area contributed by atoms with Gasteiger partial charge in [0.1, 0.15) is 5.01 Å². The lowest BCUT2D eigenvalue weighted by molar-refractivity contribution is 0.262. The number of anilines is 2. The number of aryl methyl sites for hydroxylation is 1. The number of urea groups is 1. The van der Waals surface area contributed by atoms with Crippen LogP contribution in [0, 0.1) is 0 Å². The van der Waals surface area contributed by atoms with Crippen molar-refractivity contribution in [1.82, 2.24) is 10.2 Å². The summed E-state index contributed by atoms with van der Waals surface area (Å²) in [5.74, 6) is 0. The van der Waals surface area contributed by atoms with Crippen LogP contribution in [0.25, 0.3) is 0 Å². The third-order valence-electron chi connectivity index (χ3n) is 3.51. The molecule has 2 N–H and O–H groups in total. The van der Waals surface area contributed by atoms with Gasteiger partial charge in [-0.25, -0.2) is 4.79 Å². The number of nitrogens with zero attached hydrogens (tertiary/aromatic N) is 2. The summed E-state index contributed by atoms with van der Waals surface area (Å²) in [6.45, 7) is 2.22. The Hall–Kier alpha value is -1.66. The van der Waals surface area contributed by atoms with Crippen molar-refractivity contribution in [2.75, 3.05) is 10.6 Å². The lowest BCUT2D eigenvalue weighted by atomic mass is 10.1. The first-order valence-electron chi connectivity index (χ1n) is 8.33. The predicted molar refractivity (Wildman–Crippen MR) is 101 cm³/mol. The van der Waals surface area contributed by atoms with Crippen molar-refractivity contribution in [2.24, 2.45) is 0 Å². The van der Waals surface area contributed by atoms with E-state index in [1.54, 1.807) is 24.3 Å². The summed E-state index contributed by atoms with van der Waals surface area (Å²) in [7, 11) is 0. The SMILES string of the molecule is CCCCCCCCc1nnc(NC(=O)Nc2cccc(Cl)c2)s1. The summed E-state index contributed by atoms with van der Waals surface area (Å²) in [5, 5.41) is 15.6. The van der Waals surface area contributed by atoms with Crippen molar-refractivity contribution in [3.05, 3.63) is 34.3 Å². The predicted octanol–water partition coefficient (Wildman–Crippen LogP) is 5.74. The summed E-state index contributed by atoms with van der Waals surface area (Å²) in [6.07, 6.45) is 8.42. The van der Waals surface area contributed by atoms with E-state index < -0.39 is 0 Å². The maximum Gasteiger partial charge on any atom is 0.325 e. The van der Waals surface area contributed by atoms with Gasteiger partial charge in [0.25, 0.3) is 0 Å². The van der Waals surface area contributed by atoms with Crippen LogP contribution in [0.1, 0.15) is 50.5 Å². The minimum atomic E-state index is -0.348. The van der Waals surface area contributed by atoms with Crippen LogP contribution >= 0.6 is 22.9 Å². The van der Waals surface area contributed by atoms with Gasteiger partial charge >= 0.3 is 6.03 Å². The van der Waals surface area contributed by atoms with Gasteiger partial charge < -0.3 is 5.32 Å². The molecule has 0 spiro atoms. The maximum atomic E-state index is 11.9. The van der Waals surface area contributed by atoms with Crippen molar-refractivity contribution in [3.63, 3.8) is 0 Å². The van der Waals surface area contributed by atoms with Crippen molar-refractivity contribution >= 4 is 39.8 Å². The second-order valence-corrected chi connectivity index (χ2v) is 7.11. The van der Waals surface area contributed by atoms with Gasteiger partial charge in [-0.2, -0.15) is 0 Å². The quantitative estimate of drug-likeness (QED) is 0.556. The molecule has 0 saturated carbocycles. The van der Waals surface area contributed by atoms with Gasteiger partial charge in [-0.3, -0.25) is 5.32 Å². The molecule has 7 heteroatoms. The molecule has 0 fully saturated rings. The summed E-state index contributed by atoms with van der Waals surface area (Å²) < 4.78 is 0. The monoisotopic (exact) mass is 366 g/mol. The first kappa shape index (κ1) is 18.7. The molecule has 1 aromatic heterocycles. The van der Waals surface area contributed by atoms with Gasteiger partial charge in [-0.1, -0.05) is 68.0 Å². The van der Waals surface area contributed by atoms with Crippen molar-refractivity contribution in [3.8, 4) is 0 Å². The Morgan fingerprint density at radius 2 is 1.92 bits per heavy atom. The Balaban J connectivity index is 1.71. The number of aromatic nitrogens is 2. The molecule has 2 aromatic rings. The fourth-order valence-corrected chi connectivity index (χ4v) is 3.25. The second-order valence-electron chi connectivity index (χ2n) is 5.61. The number of halogens is 1. The normalized spacial score (nSPS) is 10.6. The maximum absolute atomic E-state index is 11.9. The molecule has 0 radical (unpaired) electrons. The standard InChI is InChI=1S/C17H23ClN4OS/c1-2-3-4-5-6-7-11-15-21-22-17(24-15)20-16(23)19-14-10-8-9-13(18)12-14/h8-10,12H,2-7,11H2,1H3,(H2,19,20,22,23). The van der Waals surface area contributed by atoms with Crippen LogP contribution in [0.3, 0.4) is 0 Å². The van der Waals surface area contributed by atoms with E-state index >= 15 is 0 Å². The second kappa shape index (κ2) is 10.3. The van der Waals surface area contributed by atoms with E-state index in [-0.39, 0.29) is 6.03 Å². The Kier molecular flexibility index (Phi) is 7.98. The molecule has 1 aromatic carbocycles. The molecule has 0 atom stereocenters. The van der Waals surface area contributed by atoms with E-state index in [9.17, 15) is 4.79 Å². The number of carbonyl (C=O) groups excluding carboxylic acids is 1. The largest absolute Gasteiger partial charge is 0.325 e. The van der Waals surface area contributed by atoms with Crippen LogP contribution in [0.2, 0.25) is 5.02 Å². The number of rotatable bonds is 9. The first-order chi connectivity index (χ1) is 11.7. The number of nitrogens with one attached hydrogen (secondary N) is 2. The molecule has 1 heterocycles. The van der Waals surface area contributed by atoms with Gasteiger partial charge in [0.2, 0.25) is 5.13 Å². The molecule has 0 unspecified atom stereocenters.